The van der Waals surface area contributed by atoms with Crippen molar-refractivity contribution < 1.29 is 0 Å². The predicted molar refractivity (Wildman–Crippen MR) is 39.1 cm³/mol. The van der Waals surface area contributed by atoms with Gasteiger partial charge in [-0.2, -0.15) is 0 Å². The Hall–Kier alpha value is -0.520. The van der Waals surface area contributed by atoms with E-state index >= 15 is 0 Å². The summed E-state index contributed by atoms with van der Waals surface area (Å²) in [5.74, 6) is 0.900. The lowest BCUT2D eigenvalue weighted by Gasteiger charge is -2.20. The van der Waals surface area contributed by atoms with Crippen LogP contribution in [0, 0.1) is 11.3 Å². The third kappa shape index (κ3) is 0.592. The van der Waals surface area contributed by atoms with E-state index in [9.17, 15) is 0 Å². The Balaban J connectivity index is 2.35. The van der Waals surface area contributed by atoms with Crippen LogP contribution in [-0.4, -0.2) is 0 Å². The lowest BCUT2D eigenvalue weighted by atomic mass is 9.84. The van der Waals surface area contributed by atoms with Gasteiger partial charge < -0.3 is 0 Å². The quantitative estimate of drug-likeness (QED) is 0.431. The first kappa shape index (κ1) is 5.28. The summed E-state index contributed by atoms with van der Waals surface area (Å²) in [6.07, 6.45) is 11.9. The van der Waals surface area contributed by atoms with E-state index in [1.165, 1.54) is 12.8 Å². The molecule has 2 aliphatic carbocycles. The van der Waals surface area contributed by atoms with Crippen LogP contribution in [-0.2, 0) is 0 Å². The summed E-state index contributed by atoms with van der Waals surface area (Å²) in [7, 11) is 0. The first-order chi connectivity index (χ1) is 4.31. The van der Waals surface area contributed by atoms with E-state index in [-0.39, 0.29) is 0 Å². The highest BCUT2D eigenvalue weighted by molar-refractivity contribution is 5.23. The molecule has 0 fully saturated rings. The number of hydrogen-bond acceptors (Lipinski definition) is 0. The van der Waals surface area contributed by atoms with E-state index in [0.717, 1.165) is 5.92 Å². The number of fused-ring (bicyclic) bond motifs is 1. The Morgan fingerprint density at radius 3 is 2.22 bits per heavy atom. The van der Waals surface area contributed by atoms with Crippen molar-refractivity contribution in [2.75, 3.05) is 0 Å². The highest BCUT2D eigenvalue weighted by atomic mass is 14.4. The van der Waals surface area contributed by atoms with Gasteiger partial charge in [0, 0.05) is 5.41 Å². The minimum atomic E-state index is 0.444. The van der Waals surface area contributed by atoms with Gasteiger partial charge in [0.05, 0.1) is 0 Å². The van der Waals surface area contributed by atoms with Crippen molar-refractivity contribution in [2.24, 2.45) is 11.3 Å². The fourth-order valence-electron chi connectivity index (χ4n) is 1.90. The van der Waals surface area contributed by atoms with Crippen LogP contribution in [0.15, 0.2) is 24.3 Å². The van der Waals surface area contributed by atoms with E-state index in [1.54, 1.807) is 0 Å². The maximum absolute atomic E-state index is 2.35. The average Bonchev–Trinajstić information content (AvgIpc) is 2.22. The van der Waals surface area contributed by atoms with E-state index < -0.39 is 0 Å². The minimum Gasteiger partial charge on any atom is -0.0873 e. The lowest BCUT2D eigenvalue weighted by molar-refractivity contribution is 0.383. The molecule has 0 amide bonds. The van der Waals surface area contributed by atoms with Gasteiger partial charge in [-0.25, -0.2) is 0 Å². The zero-order valence-electron chi connectivity index (χ0n) is 5.80. The number of hydrogen-bond donors (Lipinski definition) is 0. The first-order valence-electron chi connectivity index (χ1n) is 3.67. The molecule has 0 radical (unpaired) electrons. The van der Waals surface area contributed by atoms with Crippen molar-refractivity contribution in [1.82, 2.24) is 0 Å². The third-order valence-electron chi connectivity index (χ3n) is 2.67. The second kappa shape index (κ2) is 1.50. The van der Waals surface area contributed by atoms with Crippen molar-refractivity contribution in [1.29, 1.82) is 0 Å². The largest absolute Gasteiger partial charge is 0.0873 e. The Bertz CT molecular complexity index is 158. The normalized spacial score (nSPS) is 46.1. The monoisotopic (exact) mass is 120 g/mol. The molecule has 9 heavy (non-hydrogen) atoms. The molecule has 0 N–H and O–H groups in total. The maximum atomic E-state index is 2.35. The van der Waals surface area contributed by atoms with Gasteiger partial charge in [0.2, 0.25) is 0 Å². The Labute approximate surface area is 56.3 Å². The van der Waals surface area contributed by atoms with Crippen molar-refractivity contribution >= 4 is 0 Å². The molecule has 0 aromatic carbocycles. The molecule has 0 saturated heterocycles. The van der Waals surface area contributed by atoms with E-state index in [1.807, 2.05) is 0 Å². The summed E-state index contributed by atoms with van der Waals surface area (Å²) < 4.78 is 0. The van der Waals surface area contributed by atoms with E-state index in [4.69, 9.17) is 0 Å². The van der Waals surface area contributed by atoms with Crippen molar-refractivity contribution in [3.8, 4) is 0 Å². The summed E-state index contributed by atoms with van der Waals surface area (Å²) >= 11 is 0. The molecule has 48 valence electrons. The summed E-state index contributed by atoms with van der Waals surface area (Å²) in [5, 5.41) is 0. The average molecular weight is 120 g/mol. The van der Waals surface area contributed by atoms with Gasteiger partial charge in [0.25, 0.3) is 0 Å². The number of allylic oxidation sites excluding steroid dienone is 4. The van der Waals surface area contributed by atoms with E-state index in [2.05, 4.69) is 31.2 Å². The Morgan fingerprint density at radius 2 is 1.78 bits per heavy atom. The van der Waals surface area contributed by atoms with Gasteiger partial charge in [-0.15, -0.1) is 0 Å². The topological polar surface area (TPSA) is 0 Å². The van der Waals surface area contributed by atoms with Crippen LogP contribution in [0.1, 0.15) is 19.8 Å². The molecule has 0 aliphatic heterocycles. The van der Waals surface area contributed by atoms with Crippen LogP contribution in [0.2, 0.25) is 0 Å². The van der Waals surface area contributed by atoms with Crippen LogP contribution in [0.25, 0.3) is 0 Å². The molecule has 0 atom stereocenters. The molecule has 0 bridgehead atoms. The summed E-state index contributed by atoms with van der Waals surface area (Å²) in [6.45, 7) is 2.32. The standard InChI is InChI=1S/C9H12/c1-9-6-2-4-8(9)5-3-7-9/h2-3,6-8H,4-5H2,1H3. The smallest absolute Gasteiger partial charge is 0.00667 e. The molecule has 0 heteroatoms. The molecular weight excluding hydrogens is 108 g/mol. The Kier molecular flexibility index (Phi) is 0.879. The molecular formula is C9H12. The zero-order valence-corrected chi connectivity index (χ0v) is 5.80. The van der Waals surface area contributed by atoms with E-state index in [0.29, 0.717) is 5.41 Å². The molecule has 2 rings (SSSR count). The molecule has 2 aliphatic rings. The first-order valence-corrected chi connectivity index (χ1v) is 3.67. The lowest BCUT2D eigenvalue weighted by Crippen LogP contribution is -2.12. The molecule has 0 aromatic rings. The highest BCUT2D eigenvalue weighted by Crippen LogP contribution is 2.45. The summed E-state index contributed by atoms with van der Waals surface area (Å²) in [4.78, 5) is 0. The van der Waals surface area contributed by atoms with Crippen molar-refractivity contribution in [3.63, 3.8) is 0 Å². The molecule has 0 heterocycles. The minimum absolute atomic E-state index is 0.444. The van der Waals surface area contributed by atoms with Crippen LogP contribution in [0.5, 0.6) is 0 Å². The summed E-state index contributed by atoms with van der Waals surface area (Å²) in [6, 6.07) is 0. The predicted octanol–water partition coefficient (Wildman–Crippen LogP) is 2.53. The molecule has 0 saturated carbocycles. The van der Waals surface area contributed by atoms with Gasteiger partial charge in [-0.1, -0.05) is 31.2 Å². The zero-order chi connectivity index (χ0) is 6.32. The van der Waals surface area contributed by atoms with Gasteiger partial charge in [-0.05, 0) is 18.8 Å². The number of rotatable bonds is 0. The van der Waals surface area contributed by atoms with Crippen molar-refractivity contribution in [3.05, 3.63) is 24.3 Å². The van der Waals surface area contributed by atoms with Crippen LogP contribution >= 0.6 is 0 Å². The van der Waals surface area contributed by atoms with Gasteiger partial charge >= 0.3 is 0 Å². The van der Waals surface area contributed by atoms with Gasteiger partial charge in [0.1, 0.15) is 0 Å². The Morgan fingerprint density at radius 1 is 1.22 bits per heavy atom. The SMILES string of the molecule is CC12C=CCC1CC=C2. The van der Waals surface area contributed by atoms with Gasteiger partial charge in [-0.3, -0.25) is 0 Å². The highest BCUT2D eigenvalue weighted by Gasteiger charge is 2.34. The molecule has 0 nitrogen and oxygen atoms in total. The fourth-order valence-corrected chi connectivity index (χ4v) is 1.90. The molecule has 0 aromatic heterocycles. The molecule has 0 unspecified atom stereocenters. The fraction of sp³-hybridized carbons (Fsp3) is 0.556. The van der Waals surface area contributed by atoms with Crippen molar-refractivity contribution in [2.45, 2.75) is 19.8 Å². The van der Waals surface area contributed by atoms with Gasteiger partial charge in [0.15, 0.2) is 0 Å². The second-order valence-corrected chi connectivity index (χ2v) is 3.34. The maximum Gasteiger partial charge on any atom is 0.00667 e. The second-order valence-electron chi connectivity index (χ2n) is 3.34. The van der Waals surface area contributed by atoms with Crippen LogP contribution in [0.3, 0.4) is 0 Å². The summed E-state index contributed by atoms with van der Waals surface area (Å²) in [5.41, 5.74) is 0.444. The third-order valence-corrected chi connectivity index (χ3v) is 2.67. The van der Waals surface area contributed by atoms with Crippen LogP contribution < -0.4 is 0 Å². The van der Waals surface area contributed by atoms with Crippen LogP contribution in [0.4, 0.5) is 0 Å². The molecule has 0 spiro atoms.